The minimum atomic E-state index is 0. The average molecular weight is 339 g/mol. The van der Waals surface area contributed by atoms with Gasteiger partial charge in [0.15, 0.2) is 5.69 Å². The van der Waals surface area contributed by atoms with Crippen LogP contribution in [-0.4, -0.2) is 40.6 Å². The van der Waals surface area contributed by atoms with Gasteiger partial charge in [-0.1, -0.05) is 19.3 Å². The lowest BCUT2D eigenvalue weighted by Gasteiger charge is -2.45. The third-order valence-electron chi connectivity index (χ3n) is 5.87. The topological polar surface area (TPSA) is 61.0 Å². The molecule has 3 heterocycles. The number of carbonyl (C=O) groups is 1. The molecule has 3 aliphatic rings. The Balaban J connectivity index is 0.00000156. The first-order valence-corrected chi connectivity index (χ1v) is 8.84. The fraction of sp³-hybridized carbons (Fsp3) is 0.765. The van der Waals surface area contributed by atoms with Gasteiger partial charge in [-0.25, -0.2) is 0 Å². The molecule has 0 unspecified atom stereocenters. The number of amides is 1. The second kappa shape index (κ2) is 6.81. The Morgan fingerprint density at radius 1 is 1.13 bits per heavy atom. The van der Waals surface area contributed by atoms with Crippen molar-refractivity contribution in [2.24, 2.45) is 5.41 Å². The summed E-state index contributed by atoms with van der Waals surface area (Å²) in [5.41, 5.74) is 3.31. The zero-order valence-corrected chi connectivity index (χ0v) is 14.5. The predicted octanol–water partition coefficient (Wildman–Crippen LogP) is 2.66. The monoisotopic (exact) mass is 338 g/mol. The molecule has 4 rings (SSSR count). The van der Waals surface area contributed by atoms with Gasteiger partial charge in [0, 0.05) is 43.9 Å². The summed E-state index contributed by atoms with van der Waals surface area (Å²) in [6.07, 6.45) is 10.0. The van der Waals surface area contributed by atoms with E-state index >= 15 is 0 Å². The van der Waals surface area contributed by atoms with Gasteiger partial charge in [-0.3, -0.25) is 9.89 Å². The van der Waals surface area contributed by atoms with Crippen molar-refractivity contribution >= 4 is 18.3 Å². The molecule has 0 radical (unpaired) electrons. The Morgan fingerprint density at radius 2 is 1.91 bits per heavy atom. The first kappa shape index (κ1) is 16.8. The number of halogens is 1. The van der Waals surface area contributed by atoms with Crippen LogP contribution in [0.4, 0.5) is 0 Å². The quantitative estimate of drug-likeness (QED) is 0.827. The summed E-state index contributed by atoms with van der Waals surface area (Å²) < 4.78 is 0. The van der Waals surface area contributed by atoms with E-state index in [0.29, 0.717) is 11.1 Å². The first-order chi connectivity index (χ1) is 10.8. The van der Waals surface area contributed by atoms with Crippen LogP contribution in [0.2, 0.25) is 0 Å². The molecule has 1 aliphatic carbocycles. The second-order valence-corrected chi connectivity index (χ2v) is 7.35. The molecule has 0 aromatic carbocycles. The van der Waals surface area contributed by atoms with Gasteiger partial charge in [-0.05, 0) is 31.1 Å². The highest BCUT2D eigenvalue weighted by Crippen LogP contribution is 2.43. The van der Waals surface area contributed by atoms with Gasteiger partial charge in [0.25, 0.3) is 5.91 Å². The van der Waals surface area contributed by atoms with Crippen molar-refractivity contribution in [1.29, 1.82) is 0 Å². The number of fused-ring (bicyclic) bond motifs is 1. The molecule has 1 spiro atoms. The van der Waals surface area contributed by atoms with E-state index in [0.717, 1.165) is 50.3 Å². The van der Waals surface area contributed by atoms with Crippen LogP contribution in [0.25, 0.3) is 0 Å². The summed E-state index contributed by atoms with van der Waals surface area (Å²) in [7, 11) is 0. The maximum absolute atomic E-state index is 13.0. The minimum Gasteiger partial charge on any atom is -0.337 e. The lowest BCUT2D eigenvalue weighted by Crippen LogP contribution is -2.47. The summed E-state index contributed by atoms with van der Waals surface area (Å²) in [6.45, 7) is 3.58. The summed E-state index contributed by atoms with van der Waals surface area (Å²) in [5, 5.41) is 10.8. The van der Waals surface area contributed by atoms with Crippen LogP contribution in [0, 0.1) is 5.41 Å². The standard InChI is InChI=1S/C17H26N4O.ClH/c22-16(15-13-11-18-9-5-14(13)19-20-15)21-10-4-8-17(12-21)6-2-1-3-7-17;/h18H,1-12H2,(H,19,20);1H. The lowest BCUT2D eigenvalue weighted by molar-refractivity contribution is 0.0378. The van der Waals surface area contributed by atoms with E-state index in [9.17, 15) is 4.79 Å². The zero-order chi connectivity index (χ0) is 15.0. The number of carbonyl (C=O) groups excluding carboxylic acids is 1. The molecule has 5 nitrogen and oxygen atoms in total. The number of piperidine rings is 1. The van der Waals surface area contributed by atoms with Gasteiger partial charge in [0.2, 0.25) is 0 Å². The Bertz CT molecular complexity index is 559. The van der Waals surface area contributed by atoms with E-state index in [2.05, 4.69) is 20.4 Å². The Hall–Kier alpha value is -1.07. The SMILES string of the molecule is Cl.O=C(c1n[nH]c2c1CNCC2)N1CCCC2(CCCCC2)C1. The van der Waals surface area contributed by atoms with Gasteiger partial charge >= 0.3 is 0 Å². The number of aromatic nitrogens is 2. The predicted molar refractivity (Wildman–Crippen MR) is 91.9 cm³/mol. The fourth-order valence-corrected chi connectivity index (χ4v) is 4.64. The van der Waals surface area contributed by atoms with Crippen molar-refractivity contribution in [3.63, 3.8) is 0 Å². The van der Waals surface area contributed by atoms with E-state index in [1.54, 1.807) is 0 Å². The zero-order valence-electron chi connectivity index (χ0n) is 13.7. The van der Waals surface area contributed by atoms with Gasteiger partial charge in [-0.2, -0.15) is 5.10 Å². The van der Waals surface area contributed by atoms with E-state index in [-0.39, 0.29) is 18.3 Å². The van der Waals surface area contributed by atoms with Gasteiger partial charge in [0.1, 0.15) is 0 Å². The molecule has 1 saturated carbocycles. The first-order valence-electron chi connectivity index (χ1n) is 8.84. The van der Waals surface area contributed by atoms with Crippen molar-refractivity contribution in [1.82, 2.24) is 20.4 Å². The normalized spacial score (nSPS) is 23.2. The maximum Gasteiger partial charge on any atom is 0.274 e. The molecule has 2 aliphatic heterocycles. The third-order valence-corrected chi connectivity index (χ3v) is 5.87. The molecule has 2 N–H and O–H groups in total. The number of nitrogens with zero attached hydrogens (tertiary/aromatic N) is 2. The Kier molecular flexibility index (Phi) is 4.97. The number of H-pyrrole nitrogens is 1. The van der Waals surface area contributed by atoms with Crippen molar-refractivity contribution in [3.05, 3.63) is 17.0 Å². The van der Waals surface area contributed by atoms with Crippen LogP contribution in [0.1, 0.15) is 66.7 Å². The maximum atomic E-state index is 13.0. The van der Waals surface area contributed by atoms with E-state index < -0.39 is 0 Å². The number of hydrogen-bond acceptors (Lipinski definition) is 3. The molecular weight excluding hydrogens is 312 g/mol. The van der Waals surface area contributed by atoms with E-state index in [4.69, 9.17) is 0 Å². The van der Waals surface area contributed by atoms with Crippen LogP contribution in [0.5, 0.6) is 0 Å². The number of aromatic amines is 1. The highest BCUT2D eigenvalue weighted by molar-refractivity contribution is 5.94. The van der Waals surface area contributed by atoms with Crippen LogP contribution < -0.4 is 5.32 Å². The second-order valence-electron chi connectivity index (χ2n) is 7.35. The molecule has 2 fully saturated rings. The summed E-state index contributed by atoms with van der Waals surface area (Å²) in [6, 6.07) is 0. The highest BCUT2D eigenvalue weighted by atomic mass is 35.5. The molecule has 128 valence electrons. The average Bonchev–Trinajstić information content (AvgIpc) is 2.99. The van der Waals surface area contributed by atoms with E-state index in [1.165, 1.54) is 38.5 Å². The van der Waals surface area contributed by atoms with Crippen molar-refractivity contribution in [2.45, 2.75) is 57.9 Å². The van der Waals surface area contributed by atoms with Crippen LogP contribution in [0.3, 0.4) is 0 Å². The smallest absolute Gasteiger partial charge is 0.274 e. The van der Waals surface area contributed by atoms with Crippen molar-refractivity contribution in [2.75, 3.05) is 19.6 Å². The molecular formula is C17H27ClN4O. The Morgan fingerprint density at radius 3 is 2.74 bits per heavy atom. The van der Waals surface area contributed by atoms with Crippen LogP contribution >= 0.6 is 12.4 Å². The summed E-state index contributed by atoms with van der Waals surface area (Å²) >= 11 is 0. The molecule has 1 saturated heterocycles. The van der Waals surface area contributed by atoms with Crippen LogP contribution in [0.15, 0.2) is 0 Å². The van der Waals surface area contributed by atoms with Gasteiger partial charge < -0.3 is 10.2 Å². The fourth-order valence-electron chi connectivity index (χ4n) is 4.64. The van der Waals surface area contributed by atoms with Gasteiger partial charge in [-0.15, -0.1) is 12.4 Å². The number of rotatable bonds is 1. The highest BCUT2D eigenvalue weighted by Gasteiger charge is 2.39. The minimum absolute atomic E-state index is 0. The van der Waals surface area contributed by atoms with E-state index in [1.807, 2.05) is 0 Å². The number of likely N-dealkylation sites (tertiary alicyclic amines) is 1. The molecule has 1 aromatic heterocycles. The number of hydrogen-bond donors (Lipinski definition) is 2. The molecule has 1 amide bonds. The van der Waals surface area contributed by atoms with Crippen molar-refractivity contribution < 1.29 is 4.79 Å². The lowest BCUT2D eigenvalue weighted by atomic mass is 9.69. The molecule has 0 bridgehead atoms. The van der Waals surface area contributed by atoms with Gasteiger partial charge in [0.05, 0.1) is 0 Å². The summed E-state index contributed by atoms with van der Waals surface area (Å²) in [4.78, 5) is 15.1. The Labute approximate surface area is 144 Å². The molecule has 6 heteroatoms. The largest absolute Gasteiger partial charge is 0.337 e. The summed E-state index contributed by atoms with van der Waals surface area (Å²) in [5.74, 6) is 0.144. The molecule has 23 heavy (non-hydrogen) atoms. The van der Waals surface area contributed by atoms with Crippen molar-refractivity contribution in [3.8, 4) is 0 Å². The molecule has 1 aromatic rings. The van der Waals surface area contributed by atoms with Crippen LogP contribution in [-0.2, 0) is 13.0 Å². The molecule has 0 atom stereocenters. The third kappa shape index (κ3) is 3.13. The number of nitrogens with one attached hydrogen (secondary N) is 2.